The molecule has 0 aliphatic rings. The van der Waals surface area contributed by atoms with E-state index in [1.54, 1.807) is 6.82 Å². The van der Waals surface area contributed by atoms with Crippen molar-refractivity contribution in [1.82, 2.24) is 0 Å². The largest absolute Gasteiger partial charge is 0.481 e. The molecule has 1 N–H and O–H groups in total. The van der Waals surface area contributed by atoms with Crippen LogP contribution in [-0.2, 0) is 9.59 Å². The van der Waals surface area contributed by atoms with E-state index in [-0.39, 0.29) is 18.5 Å². The van der Waals surface area contributed by atoms with E-state index in [0.717, 1.165) is 0 Å². The molecule has 0 aromatic carbocycles. The van der Waals surface area contributed by atoms with Crippen molar-refractivity contribution < 1.29 is 14.7 Å². The molecule has 0 heterocycles. The highest BCUT2D eigenvalue weighted by Gasteiger charge is 2.02. The first-order valence-corrected chi connectivity index (χ1v) is 2.90. The van der Waals surface area contributed by atoms with Gasteiger partial charge >= 0.3 is 5.97 Å². The molecule has 0 saturated heterocycles. The third-order valence-electron chi connectivity index (χ3n) is 1.01. The summed E-state index contributed by atoms with van der Waals surface area (Å²) in [7, 11) is 0.438. The van der Waals surface area contributed by atoms with Gasteiger partial charge in [0.1, 0.15) is 0 Å². The summed E-state index contributed by atoms with van der Waals surface area (Å²) >= 11 is 0. The lowest BCUT2D eigenvalue weighted by atomic mass is 9.75. The van der Waals surface area contributed by atoms with Crippen LogP contribution in [0.2, 0.25) is 6.82 Å². The molecule has 0 atom stereocenters. The van der Waals surface area contributed by atoms with Gasteiger partial charge in [-0.2, -0.15) is 0 Å². The maximum absolute atomic E-state index is 10.5. The zero-order chi connectivity index (χ0) is 7.28. The molecule has 0 fully saturated rings. The highest BCUT2D eigenvalue weighted by atomic mass is 16.4. The molecule has 0 rings (SSSR count). The second-order valence-electron chi connectivity index (χ2n) is 1.79. The second kappa shape index (κ2) is 4.12. The van der Waals surface area contributed by atoms with Crippen LogP contribution in [0, 0.1) is 0 Å². The number of carbonyl (C=O) groups excluding carboxylic acids is 1. The minimum atomic E-state index is -0.906. The molecule has 50 valence electrons. The quantitative estimate of drug-likeness (QED) is 0.536. The molecule has 0 aromatic rings. The molecular formula is C5H9BO3. The number of rotatable bonds is 4. The number of hydrogen-bond donors (Lipinski definition) is 1. The Morgan fingerprint density at radius 2 is 2.00 bits per heavy atom. The summed E-state index contributed by atoms with van der Waals surface area (Å²) in [6, 6.07) is 0. The number of carboxylic acid groups (broad SMARTS) is 1. The standard InChI is InChI=1S/C5H9BO3/c1-6-4(7)2-3-5(8)9/h6H,2-3H2,1H3,(H,8,9). The Bertz CT molecular complexity index is 121. The van der Waals surface area contributed by atoms with Crippen molar-refractivity contribution in [2.75, 3.05) is 0 Å². The maximum Gasteiger partial charge on any atom is 0.303 e. The van der Waals surface area contributed by atoms with E-state index < -0.39 is 5.97 Å². The molecule has 0 unspecified atom stereocenters. The average Bonchev–Trinajstić information content (AvgIpc) is 1.83. The van der Waals surface area contributed by atoms with Crippen molar-refractivity contribution in [2.45, 2.75) is 19.7 Å². The normalized spacial score (nSPS) is 8.56. The van der Waals surface area contributed by atoms with Gasteiger partial charge in [-0.05, 0) is 0 Å². The molecule has 0 spiro atoms. The Balaban J connectivity index is 3.28. The predicted octanol–water partition coefficient (Wildman–Crippen LogP) is -0.138. The fraction of sp³-hybridized carbons (Fsp3) is 0.600. The van der Waals surface area contributed by atoms with Gasteiger partial charge < -0.3 is 9.90 Å². The van der Waals surface area contributed by atoms with E-state index in [1.165, 1.54) is 0 Å². The molecule has 0 aliphatic heterocycles. The van der Waals surface area contributed by atoms with Gasteiger partial charge in [0.2, 0.25) is 7.28 Å². The lowest BCUT2D eigenvalue weighted by Crippen LogP contribution is -2.07. The molecule has 9 heavy (non-hydrogen) atoms. The number of carbonyl (C=O) groups is 2. The van der Waals surface area contributed by atoms with Gasteiger partial charge in [0.25, 0.3) is 0 Å². The van der Waals surface area contributed by atoms with Crippen LogP contribution >= 0.6 is 0 Å². The highest BCUT2D eigenvalue weighted by molar-refractivity contribution is 6.72. The van der Waals surface area contributed by atoms with Gasteiger partial charge in [-0.15, -0.1) is 0 Å². The molecule has 0 amide bonds. The van der Waals surface area contributed by atoms with E-state index >= 15 is 0 Å². The van der Waals surface area contributed by atoms with E-state index in [4.69, 9.17) is 5.11 Å². The van der Waals surface area contributed by atoms with Gasteiger partial charge in [-0.25, -0.2) is 0 Å². The van der Waals surface area contributed by atoms with Crippen molar-refractivity contribution in [2.24, 2.45) is 0 Å². The zero-order valence-electron chi connectivity index (χ0n) is 5.39. The number of aliphatic carboxylic acids is 1. The van der Waals surface area contributed by atoms with Gasteiger partial charge in [-0.3, -0.25) is 4.79 Å². The summed E-state index contributed by atoms with van der Waals surface area (Å²) in [4.78, 5) is 20.3. The fourth-order valence-electron chi connectivity index (χ4n) is 0.423. The third kappa shape index (κ3) is 5.07. The summed E-state index contributed by atoms with van der Waals surface area (Å²) in [6.45, 7) is 1.73. The fourth-order valence-corrected chi connectivity index (χ4v) is 0.423. The van der Waals surface area contributed by atoms with Crippen molar-refractivity contribution in [3.63, 3.8) is 0 Å². The molecule has 0 aromatic heterocycles. The lowest BCUT2D eigenvalue weighted by Gasteiger charge is -1.89. The van der Waals surface area contributed by atoms with E-state index in [2.05, 4.69) is 0 Å². The molecule has 0 saturated carbocycles. The van der Waals surface area contributed by atoms with Crippen molar-refractivity contribution in [3.8, 4) is 0 Å². The van der Waals surface area contributed by atoms with Gasteiger partial charge in [0.15, 0.2) is 0 Å². The molecule has 0 radical (unpaired) electrons. The van der Waals surface area contributed by atoms with Crippen LogP contribution in [0.3, 0.4) is 0 Å². The smallest absolute Gasteiger partial charge is 0.303 e. The summed E-state index contributed by atoms with van der Waals surface area (Å²) < 4.78 is 0. The third-order valence-corrected chi connectivity index (χ3v) is 1.01. The lowest BCUT2D eigenvalue weighted by molar-refractivity contribution is -0.138. The van der Waals surface area contributed by atoms with Crippen molar-refractivity contribution in [3.05, 3.63) is 0 Å². The maximum atomic E-state index is 10.5. The van der Waals surface area contributed by atoms with Gasteiger partial charge in [-0.1, -0.05) is 6.82 Å². The monoisotopic (exact) mass is 128 g/mol. The predicted molar refractivity (Wildman–Crippen MR) is 34.9 cm³/mol. The Kier molecular flexibility index (Phi) is 3.76. The van der Waals surface area contributed by atoms with Crippen LogP contribution in [0.5, 0.6) is 0 Å². The summed E-state index contributed by atoms with van der Waals surface area (Å²) in [5.41, 5.74) is 0.0115. The van der Waals surface area contributed by atoms with Crippen molar-refractivity contribution in [1.29, 1.82) is 0 Å². The first-order chi connectivity index (χ1) is 4.16. The molecule has 0 bridgehead atoms. The number of hydrogen-bond acceptors (Lipinski definition) is 2. The van der Waals surface area contributed by atoms with Crippen LogP contribution in [0.4, 0.5) is 0 Å². The van der Waals surface area contributed by atoms with Crippen LogP contribution in [0.1, 0.15) is 12.8 Å². The second-order valence-corrected chi connectivity index (χ2v) is 1.79. The number of carboxylic acids is 1. The first kappa shape index (κ1) is 8.20. The summed E-state index contributed by atoms with van der Waals surface area (Å²) in [5.74, 6) is -0.906. The van der Waals surface area contributed by atoms with E-state index in [1.807, 2.05) is 0 Å². The van der Waals surface area contributed by atoms with Crippen LogP contribution < -0.4 is 0 Å². The van der Waals surface area contributed by atoms with Crippen LogP contribution in [-0.4, -0.2) is 24.0 Å². The minimum absolute atomic E-state index is 0.0115. The zero-order valence-corrected chi connectivity index (χ0v) is 5.39. The first-order valence-electron chi connectivity index (χ1n) is 2.90. The Labute approximate surface area is 54.3 Å². The van der Waals surface area contributed by atoms with Gasteiger partial charge in [0, 0.05) is 6.42 Å². The SMILES string of the molecule is CBC(=O)CCC(=O)O. The summed E-state index contributed by atoms with van der Waals surface area (Å²) in [6.07, 6.45) is 0.137. The van der Waals surface area contributed by atoms with E-state index in [9.17, 15) is 9.59 Å². The van der Waals surface area contributed by atoms with Crippen LogP contribution in [0.25, 0.3) is 0 Å². The van der Waals surface area contributed by atoms with Crippen LogP contribution in [0.15, 0.2) is 0 Å². The molecule has 4 heteroatoms. The van der Waals surface area contributed by atoms with Crippen molar-refractivity contribution >= 4 is 18.9 Å². The Morgan fingerprint density at radius 1 is 1.44 bits per heavy atom. The Morgan fingerprint density at radius 3 is 2.33 bits per heavy atom. The topological polar surface area (TPSA) is 54.4 Å². The van der Waals surface area contributed by atoms with Gasteiger partial charge in [0.05, 0.1) is 12.1 Å². The molecular weight excluding hydrogens is 119 g/mol. The average molecular weight is 128 g/mol. The highest BCUT2D eigenvalue weighted by Crippen LogP contribution is 1.88. The Hall–Kier alpha value is -0.795. The minimum Gasteiger partial charge on any atom is -0.481 e. The molecule has 3 nitrogen and oxygen atoms in total. The molecule has 0 aliphatic carbocycles. The van der Waals surface area contributed by atoms with E-state index in [0.29, 0.717) is 7.28 Å². The summed E-state index contributed by atoms with van der Waals surface area (Å²) in [5, 5.41) is 8.11.